The molecule has 122 valence electrons. The molecule has 0 aromatic heterocycles. The summed E-state index contributed by atoms with van der Waals surface area (Å²) in [5.41, 5.74) is 5.70. The number of nitrogens with two attached hydrogens (primary N) is 1. The summed E-state index contributed by atoms with van der Waals surface area (Å²) in [5.74, 6) is 0.00659. The van der Waals surface area contributed by atoms with Crippen molar-refractivity contribution in [3.05, 3.63) is 30.3 Å². The van der Waals surface area contributed by atoms with Gasteiger partial charge in [0.1, 0.15) is 5.75 Å². The Morgan fingerprint density at radius 3 is 2.19 bits per heavy atom. The van der Waals surface area contributed by atoms with Crippen molar-refractivity contribution in [1.82, 2.24) is 0 Å². The predicted molar refractivity (Wildman–Crippen MR) is 89.3 cm³/mol. The molecule has 1 aromatic carbocycles. The predicted octanol–water partition coefficient (Wildman–Crippen LogP) is 3.83. The van der Waals surface area contributed by atoms with Crippen molar-refractivity contribution in [3.8, 4) is 5.75 Å². The van der Waals surface area contributed by atoms with Crippen LogP contribution in [0.1, 0.15) is 49.8 Å². The van der Waals surface area contributed by atoms with E-state index in [2.05, 4.69) is 13.8 Å². The van der Waals surface area contributed by atoms with E-state index in [-0.39, 0.29) is 26.9 Å². The number of ether oxygens (including phenoxy) is 1. The number of carbonyl (C=O) groups is 2. The van der Waals surface area contributed by atoms with Crippen LogP contribution in [0.5, 0.6) is 5.75 Å². The Morgan fingerprint density at radius 2 is 1.71 bits per heavy atom. The third-order valence-electron chi connectivity index (χ3n) is 2.57. The summed E-state index contributed by atoms with van der Waals surface area (Å²) in [4.78, 5) is 23.1. The van der Waals surface area contributed by atoms with Crippen LogP contribution < -0.4 is 10.5 Å². The number of benzene rings is 1. The van der Waals surface area contributed by atoms with Crippen LogP contribution in [0.2, 0.25) is 0 Å². The molecule has 21 heavy (non-hydrogen) atoms. The molecule has 1 unspecified atom stereocenters. The normalized spacial score (nSPS) is 11.3. The Morgan fingerprint density at radius 1 is 1.19 bits per heavy atom. The third kappa shape index (κ3) is 8.97. The Kier molecular flexibility index (Phi) is 10.1. The van der Waals surface area contributed by atoms with E-state index in [9.17, 15) is 9.59 Å². The van der Waals surface area contributed by atoms with Crippen molar-refractivity contribution in [2.45, 2.75) is 53.0 Å². The molecule has 0 amide bonds. The number of hydrogen-bond donors (Lipinski definition) is 1. The molecular formula is C17H31NO3. The van der Waals surface area contributed by atoms with Gasteiger partial charge >= 0.3 is 5.97 Å². The number of Topliss-reactive ketones (excluding diaryl/α,β-unsaturated/α-hetero) is 1. The summed E-state index contributed by atoms with van der Waals surface area (Å²) in [6.45, 7) is 7.84. The summed E-state index contributed by atoms with van der Waals surface area (Å²) in [7, 11) is 0. The number of esters is 1. The van der Waals surface area contributed by atoms with E-state index in [0.29, 0.717) is 12.2 Å². The highest BCUT2D eigenvalue weighted by Gasteiger charge is 2.18. The molecule has 4 heteroatoms. The molecule has 0 aliphatic carbocycles. The fourth-order valence-electron chi connectivity index (χ4n) is 1.51. The zero-order valence-electron chi connectivity index (χ0n) is 13.5. The zero-order valence-corrected chi connectivity index (χ0v) is 13.5. The lowest BCUT2D eigenvalue weighted by Gasteiger charge is -2.12. The maximum absolute atomic E-state index is 11.5. The maximum atomic E-state index is 11.5. The highest BCUT2D eigenvalue weighted by Crippen LogP contribution is 2.11. The van der Waals surface area contributed by atoms with E-state index >= 15 is 0 Å². The highest BCUT2D eigenvalue weighted by molar-refractivity contribution is 5.86. The van der Waals surface area contributed by atoms with Gasteiger partial charge in [-0.05, 0) is 18.6 Å². The molecule has 2 N–H and O–H groups in total. The van der Waals surface area contributed by atoms with Crippen molar-refractivity contribution in [2.24, 2.45) is 11.7 Å². The van der Waals surface area contributed by atoms with Crippen LogP contribution in [0.25, 0.3) is 0 Å². The van der Waals surface area contributed by atoms with Gasteiger partial charge < -0.3 is 10.5 Å². The van der Waals surface area contributed by atoms with Gasteiger partial charge in [-0.15, -0.1) is 0 Å². The van der Waals surface area contributed by atoms with Crippen molar-refractivity contribution in [1.29, 1.82) is 0 Å². The SMILES string of the molecule is CC(C)C(=O)C(N)CCC(=O)Oc1ccccc1.CCC.[HH].[HH]. The smallest absolute Gasteiger partial charge is 0.311 e. The number of para-hydroxylation sites is 1. The van der Waals surface area contributed by atoms with Gasteiger partial charge in [0, 0.05) is 15.2 Å². The lowest BCUT2D eigenvalue weighted by Crippen LogP contribution is -2.34. The minimum atomic E-state index is -0.590. The first-order valence-electron chi connectivity index (χ1n) is 7.47. The van der Waals surface area contributed by atoms with Crippen molar-refractivity contribution >= 4 is 11.8 Å². The minimum absolute atomic E-state index is 0. The van der Waals surface area contributed by atoms with Gasteiger partial charge in [0.15, 0.2) is 5.78 Å². The van der Waals surface area contributed by atoms with E-state index in [4.69, 9.17) is 10.5 Å². The van der Waals surface area contributed by atoms with Crippen molar-refractivity contribution in [2.75, 3.05) is 0 Å². The van der Waals surface area contributed by atoms with Gasteiger partial charge in [0.2, 0.25) is 0 Å². The first kappa shape index (κ1) is 19.3. The largest absolute Gasteiger partial charge is 0.427 e. The van der Waals surface area contributed by atoms with Gasteiger partial charge in [0.25, 0.3) is 0 Å². The van der Waals surface area contributed by atoms with Crippen LogP contribution in [-0.2, 0) is 9.59 Å². The monoisotopic (exact) mass is 297 g/mol. The second-order valence-corrected chi connectivity index (χ2v) is 5.20. The molecular weight excluding hydrogens is 266 g/mol. The molecule has 0 fully saturated rings. The average Bonchev–Trinajstić information content (AvgIpc) is 2.45. The first-order chi connectivity index (χ1) is 9.92. The molecule has 0 radical (unpaired) electrons. The zero-order chi connectivity index (χ0) is 16.3. The Bertz CT molecular complexity index is 425. The second kappa shape index (κ2) is 11.0. The van der Waals surface area contributed by atoms with E-state index in [1.165, 1.54) is 6.42 Å². The van der Waals surface area contributed by atoms with Gasteiger partial charge in [-0.3, -0.25) is 9.59 Å². The van der Waals surface area contributed by atoms with Crippen LogP contribution in [0.3, 0.4) is 0 Å². The fraction of sp³-hybridized carbons (Fsp3) is 0.529. The van der Waals surface area contributed by atoms with Gasteiger partial charge in [-0.1, -0.05) is 52.3 Å². The summed E-state index contributed by atoms with van der Waals surface area (Å²) in [5, 5.41) is 0. The number of rotatable bonds is 6. The van der Waals surface area contributed by atoms with Crippen LogP contribution >= 0.6 is 0 Å². The molecule has 0 saturated heterocycles. The molecule has 0 aliphatic rings. The van der Waals surface area contributed by atoms with Crippen LogP contribution in [-0.4, -0.2) is 17.8 Å². The summed E-state index contributed by atoms with van der Waals surface area (Å²) < 4.78 is 5.10. The Balaban J connectivity index is -0.000000740. The Hall–Kier alpha value is -1.68. The van der Waals surface area contributed by atoms with E-state index in [0.717, 1.165) is 0 Å². The highest BCUT2D eigenvalue weighted by atomic mass is 16.5. The molecule has 1 aromatic rings. The standard InChI is InChI=1S/C14H19NO3.C3H8.2H2/c1-10(2)14(17)12(15)8-9-13(16)18-11-6-4-3-5-7-11;1-3-2;;/h3-7,10,12H,8-9,15H2,1-2H3;3H2,1-2H3;2*1H. The Labute approximate surface area is 130 Å². The molecule has 1 rings (SSSR count). The van der Waals surface area contributed by atoms with Crippen LogP contribution in [0.4, 0.5) is 0 Å². The summed E-state index contributed by atoms with van der Waals surface area (Å²) >= 11 is 0. The lowest BCUT2D eigenvalue weighted by atomic mass is 9.99. The third-order valence-corrected chi connectivity index (χ3v) is 2.57. The first-order valence-corrected chi connectivity index (χ1v) is 7.47. The fourth-order valence-corrected chi connectivity index (χ4v) is 1.51. The molecule has 0 saturated carbocycles. The maximum Gasteiger partial charge on any atom is 0.311 e. The van der Waals surface area contributed by atoms with Crippen molar-refractivity contribution < 1.29 is 17.2 Å². The molecule has 4 nitrogen and oxygen atoms in total. The molecule has 0 heterocycles. The van der Waals surface area contributed by atoms with E-state index in [1.54, 1.807) is 38.1 Å². The van der Waals surface area contributed by atoms with Gasteiger partial charge in [0.05, 0.1) is 6.04 Å². The molecule has 0 aliphatic heterocycles. The van der Waals surface area contributed by atoms with Crippen LogP contribution in [0, 0.1) is 5.92 Å². The van der Waals surface area contributed by atoms with E-state index in [1.807, 2.05) is 6.07 Å². The molecule has 0 bridgehead atoms. The number of hydrogen-bond acceptors (Lipinski definition) is 4. The van der Waals surface area contributed by atoms with E-state index < -0.39 is 6.04 Å². The molecule has 1 atom stereocenters. The van der Waals surface area contributed by atoms with Gasteiger partial charge in [-0.25, -0.2) is 0 Å². The summed E-state index contributed by atoms with van der Waals surface area (Å²) in [6, 6.07) is 8.24. The average molecular weight is 297 g/mol. The molecule has 0 spiro atoms. The second-order valence-electron chi connectivity index (χ2n) is 5.20. The van der Waals surface area contributed by atoms with Crippen molar-refractivity contribution in [3.63, 3.8) is 0 Å². The summed E-state index contributed by atoms with van der Waals surface area (Å²) in [6.07, 6.45) is 1.72. The number of ketones is 1. The topological polar surface area (TPSA) is 69.4 Å². The van der Waals surface area contributed by atoms with Gasteiger partial charge in [-0.2, -0.15) is 0 Å². The minimum Gasteiger partial charge on any atom is -0.427 e. The van der Waals surface area contributed by atoms with Crippen LogP contribution in [0.15, 0.2) is 30.3 Å². The quantitative estimate of drug-likeness (QED) is 0.640. The lowest BCUT2D eigenvalue weighted by molar-refractivity contribution is -0.134. The number of carbonyl (C=O) groups excluding carboxylic acids is 2.